The molecule has 1 aromatic heterocycles. The topological polar surface area (TPSA) is 64.3 Å². The second-order valence-corrected chi connectivity index (χ2v) is 5.70. The maximum Gasteiger partial charge on any atom is 0.223 e. The van der Waals surface area contributed by atoms with E-state index in [2.05, 4.69) is 5.32 Å². The Morgan fingerprint density at radius 2 is 2.05 bits per heavy atom. The second kappa shape index (κ2) is 7.93. The number of benzene rings is 1. The van der Waals surface area contributed by atoms with Crippen molar-refractivity contribution in [3.63, 3.8) is 0 Å². The smallest absolute Gasteiger partial charge is 0.223 e. The van der Waals surface area contributed by atoms with Crippen LogP contribution in [-0.2, 0) is 9.53 Å². The van der Waals surface area contributed by atoms with Crippen LogP contribution in [-0.4, -0.2) is 25.7 Å². The molecule has 1 amide bonds. The van der Waals surface area contributed by atoms with E-state index in [0.29, 0.717) is 6.54 Å². The molecule has 2 atom stereocenters. The van der Waals surface area contributed by atoms with E-state index >= 15 is 0 Å². The lowest BCUT2D eigenvalue weighted by molar-refractivity contribution is -0.123. The minimum Gasteiger partial charge on any atom is -0.380 e. The van der Waals surface area contributed by atoms with E-state index < -0.39 is 0 Å². The van der Waals surface area contributed by atoms with Crippen LogP contribution < -0.4 is 11.1 Å². The number of thiophene rings is 1. The van der Waals surface area contributed by atoms with Crippen molar-refractivity contribution in [2.45, 2.75) is 18.6 Å². The predicted molar refractivity (Wildman–Crippen MR) is 85.2 cm³/mol. The fraction of sp³-hybridized carbons (Fsp3) is 0.312. The lowest BCUT2D eigenvalue weighted by Crippen LogP contribution is -2.34. The normalized spacial score (nSPS) is 13.6. The molecule has 112 valence electrons. The molecule has 0 radical (unpaired) electrons. The monoisotopic (exact) mass is 304 g/mol. The van der Waals surface area contributed by atoms with E-state index in [-0.39, 0.29) is 24.5 Å². The Kier molecular flexibility index (Phi) is 5.92. The van der Waals surface area contributed by atoms with Crippen molar-refractivity contribution >= 4 is 17.2 Å². The fourth-order valence-electron chi connectivity index (χ4n) is 2.11. The Bertz CT molecular complexity index is 539. The van der Waals surface area contributed by atoms with E-state index in [4.69, 9.17) is 10.5 Å². The van der Waals surface area contributed by atoms with Gasteiger partial charge in [0.25, 0.3) is 0 Å². The molecule has 0 aliphatic carbocycles. The van der Waals surface area contributed by atoms with Crippen LogP contribution in [0.3, 0.4) is 0 Å². The molecule has 1 aromatic carbocycles. The molecule has 1 heterocycles. The van der Waals surface area contributed by atoms with Crippen molar-refractivity contribution in [3.8, 4) is 0 Å². The quantitative estimate of drug-likeness (QED) is 0.825. The highest BCUT2D eigenvalue weighted by Gasteiger charge is 2.19. The number of hydrogen-bond acceptors (Lipinski definition) is 4. The minimum atomic E-state index is -0.246. The Morgan fingerprint density at radius 1 is 1.29 bits per heavy atom. The van der Waals surface area contributed by atoms with Crippen LogP contribution in [0.1, 0.15) is 22.9 Å². The Hall–Kier alpha value is -1.69. The third kappa shape index (κ3) is 4.39. The molecule has 5 heteroatoms. The molecule has 0 spiro atoms. The van der Waals surface area contributed by atoms with Gasteiger partial charge in [-0.2, -0.15) is 0 Å². The van der Waals surface area contributed by atoms with Gasteiger partial charge in [0.15, 0.2) is 0 Å². The van der Waals surface area contributed by atoms with Crippen molar-refractivity contribution in [1.29, 1.82) is 0 Å². The summed E-state index contributed by atoms with van der Waals surface area (Å²) in [5, 5.41) is 5.08. The molecule has 2 unspecified atom stereocenters. The van der Waals surface area contributed by atoms with E-state index in [0.717, 1.165) is 10.4 Å². The minimum absolute atomic E-state index is 0.0606. The standard InChI is InChI=1S/C16H20N2O2S/c1-20-13(11-17)10-15(19)18-16(14-8-5-9-21-14)12-6-3-2-4-7-12/h2-9,13,16H,10-11,17H2,1H3,(H,18,19). The number of nitrogens with two attached hydrogens (primary N) is 1. The first-order valence-electron chi connectivity index (χ1n) is 6.85. The van der Waals surface area contributed by atoms with Crippen LogP contribution in [0.15, 0.2) is 47.8 Å². The third-order valence-corrected chi connectivity index (χ3v) is 4.21. The summed E-state index contributed by atoms with van der Waals surface area (Å²) < 4.78 is 5.16. The number of methoxy groups -OCH3 is 1. The second-order valence-electron chi connectivity index (χ2n) is 4.72. The zero-order valence-electron chi connectivity index (χ0n) is 12.0. The van der Waals surface area contributed by atoms with Crippen molar-refractivity contribution in [2.75, 3.05) is 13.7 Å². The summed E-state index contributed by atoms with van der Waals surface area (Å²) in [6, 6.07) is 13.8. The Balaban J connectivity index is 2.12. The van der Waals surface area contributed by atoms with Crippen LogP contribution in [0, 0.1) is 0 Å². The van der Waals surface area contributed by atoms with Crippen LogP contribution in [0.25, 0.3) is 0 Å². The molecule has 0 fully saturated rings. The first kappa shape index (κ1) is 15.7. The van der Waals surface area contributed by atoms with E-state index in [9.17, 15) is 4.79 Å². The van der Waals surface area contributed by atoms with Gasteiger partial charge in [0.1, 0.15) is 0 Å². The highest BCUT2D eigenvalue weighted by Crippen LogP contribution is 2.26. The molecular weight excluding hydrogens is 284 g/mol. The predicted octanol–water partition coefficient (Wildman–Crippen LogP) is 2.32. The van der Waals surface area contributed by atoms with Gasteiger partial charge in [0, 0.05) is 18.5 Å². The van der Waals surface area contributed by atoms with Gasteiger partial charge < -0.3 is 15.8 Å². The van der Waals surface area contributed by atoms with Crippen LogP contribution >= 0.6 is 11.3 Å². The molecule has 0 aliphatic heterocycles. The van der Waals surface area contributed by atoms with Crippen molar-refractivity contribution < 1.29 is 9.53 Å². The maximum atomic E-state index is 12.2. The van der Waals surface area contributed by atoms with Crippen LogP contribution in [0.5, 0.6) is 0 Å². The number of carbonyl (C=O) groups is 1. The number of rotatable bonds is 7. The van der Waals surface area contributed by atoms with Crippen molar-refractivity contribution in [2.24, 2.45) is 5.73 Å². The third-order valence-electron chi connectivity index (χ3n) is 3.28. The van der Waals surface area contributed by atoms with Crippen LogP contribution in [0.4, 0.5) is 0 Å². The molecule has 0 saturated heterocycles. The molecule has 2 rings (SSSR count). The Morgan fingerprint density at radius 3 is 2.62 bits per heavy atom. The summed E-state index contributed by atoms with van der Waals surface area (Å²) in [5.41, 5.74) is 6.63. The number of amides is 1. The number of nitrogens with one attached hydrogen (secondary N) is 1. The molecule has 3 N–H and O–H groups in total. The summed E-state index contributed by atoms with van der Waals surface area (Å²) in [4.78, 5) is 13.3. The number of carbonyl (C=O) groups excluding carboxylic acids is 1. The van der Waals surface area contributed by atoms with Gasteiger partial charge >= 0.3 is 0 Å². The summed E-state index contributed by atoms with van der Waals surface area (Å²) in [6.07, 6.45) is 0.0200. The van der Waals surface area contributed by atoms with Gasteiger partial charge in [-0.1, -0.05) is 36.4 Å². The SMILES string of the molecule is COC(CN)CC(=O)NC(c1ccccc1)c1cccs1. The number of ether oxygens (including phenoxy) is 1. The molecule has 0 bridgehead atoms. The summed E-state index contributed by atoms with van der Waals surface area (Å²) in [6.45, 7) is 0.332. The largest absolute Gasteiger partial charge is 0.380 e. The van der Waals surface area contributed by atoms with E-state index in [1.54, 1.807) is 18.4 Å². The van der Waals surface area contributed by atoms with Crippen LogP contribution in [0.2, 0.25) is 0 Å². The molecule has 2 aromatic rings. The summed E-state index contributed by atoms with van der Waals surface area (Å²) in [7, 11) is 1.57. The van der Waals surface area contributed by atoms with E-state index in [1.807, 2.05) is 47.8 Å². The van der Waals surface area contributed by atoms with Gasteiger partial charge in [-0.3, -0.25) is 4.79 Å². The molecular formula is C16H20N2O2S. The number of hydrogen-bond donors (Lipinski definition) is 2. The molecule has 0 aliphatic rings. The zero-order chi connectivity index (χ0) is 15.1. The van der Waals surface area contributed by atoms with E-state index in [1.165, 1.54) is 0 Å². The average Bonchev–Trinajstić information content (AvgIpc) is 3.05. The van der Waals surface area contributed by atoms with Gasteiger partial charge in [-0.05, 0) is 17.0 Å². The van der Waals surface area contributed by atoms with Gasteiger partial charge in [0.2, 0.25) is 5.91 Å². The lowest BCUT2D eigenvalue weighted by Gasteiger charge is -2.20. The zero-order valence-corrected chi connectivity index (χ0v) is 12.8. The lowest BCUT2D eigenvalue weighted by atomic mass is 10.0. The van der Waals surface area contributed by atoms with Gasteiger partial charge in [0.05, 0.1) is 18.6 Å². The first-order chi connectivity index (χ1) is 10.2. The average molecular weight is 304 g/mol. The summed E-state index contributed by atoms with van der Waals surface area (Å²) >= 11 is 1.63. The molecule has 4 nitrogen and oxygen atoms in total. The maximum absolute atomic E-state index is 12.2. The van der Waals surface area contributed by atoms with Gasteiger partial charge in [-0.15, -0.1) is 11.3 Å². The first-order valence-corrected chi connectivity index (χ1v) is 7.73. The highest BCUT2D eigenvalue weighted by atomic mass is 32.1. The fourth-order valence-corrected chi connectivity index (χ4v) is 2.91. The summed E-state index contributed by atoms with van der Waals surface area (Å²) in [5.74, 6) is -0.0606. The highest BCUT2D eigenvalue weighted by molar-refractivity contribution is 7.10. The molecule has 0 saturated carbocycles. The Labute approximate surface area is 128 Å². The van der Waals surface area contributed by atoms with Crippen molar-refractivity contribution in [1.82, 2.24) is 5.32 Å². The van der Waals surface area contributed by atoms with Gasteiger partial charge in [-0.25, -0.2) is 0 Å². The van der Waals surface area contributed by atoms with Crippen molar-refractivity contribution in [3.05, 3.63) is 58.3 Å². The molecule has 21 heavy (non-hydrogen) atoms.